The molecule has 2 bridgehead atoms. The zero-order valence-corrected chi connectivity index (χ0v) is 42.8. The first kappa shape index (κ1) is 54.7. The Labute approximate surface area is 414 Å². The van der Waals surface area contributed by atoms with Gasteiger partial charge in [-0.15, -0.1) is 0 Å². The minimum absolute atomic E-state index is 0.00911. The van der Waals surface area contributed by atoms with Gasteiger partial charge in [0.15, 0.2) is 24.2 Å². The molecule has 2 aliphatic heterocycles. The van der Waals surface area contributed by atoms with Gasteiger partial charge in [-0.3, -0.25) is 19.3 Å². The highest BCUT2D eigenvalue weighted by Crippen LogP contribution is 2.63. The number of carbonyl (C=O) groups is 6. The van der Waals surface area contributed by atoms with Crippen molar-refractivity contribution in [3.8, 4) is 11.5 Å². The number of Topliss-reactive ketones (excluding diaryl/α,β-unsaturated/α-hetero) is 1. The summed E-state index contributed by atoms with van der Waals surface area (Å²) in [6.45, 7) is 15.5. The van der Waals surface area contributed by atoms with Crippen LogP contribution < -0.4 is 9.47 Å². The highest BCUT2D eigenvalue weighted by Gasteiger charge is 2.76. The number of rotatable bonds is 14. The number of aliphatic hydroxyl groups is 3. The smallest absolute Gasteiger partial charge is 0.413 e. The lowest BCUT2D eigenvalue weighted by atomic mass is 9.49. The molecule has 2 heterocycles. The maximum atomic E-state index is 15.7. The third kappa shape index (κ3) is 10.3. The van der Waals surface area contributed by atoms with Gasteiger partial charge in [-0.2, -0.15) is 0 Å². The number of benzene rings is 2. The van der Waals surface area contributed by atoms with E-state index >= 15 is 9.59 Å². The predicted octanol–water partition coefficient (Wildman–Crippen LogP) is 5.54. The summed E-state index contributed by atoms with van der Waals surface area (Å²) in [6.07, 6.45) is -11.0. The van der Waals surface area contributed by atoms with Gasteiger partial charge in [-0.05, 0) is 88.8 Å². The Morgan fingerprint density at radius 1 is 0.915 bits per heavy atom. The molecule has 2 saturated heterocycles. The summed E-state index contributed by atoms with van der Waals surface area (Å²) in [4.78, 5) is 86.6. The van der Waals surface area contributed by atoms with Crippen LogP contribution in [0.4, 0.5) is 4.79 Å². The highest BCUT2D eigenvalue weighted by atomic mass is 16.7. The molecule has 0 aromatic heterocycles. The van der Waals surface area contributed by atoms with E-state index in [-0.39, 0.29) is 41.2 Å². The molecule has 1 saturated carbocycles. The van der Waals surface area contributed by atoms with Gasteiger partial charge in [-0.1, -0.05) is 45.9 Å². The fraction of sp³-hybridized carbons (Fsp3) is 0.615. The third-order valence-corrected chi connectivity index (χ3v) is 14.3. The number of methoxy groups -OCH3 is 2. The van der Waals surface area contributed by atoms with Crippen LogP contribution in [0.3, 0.4) is 0 Å². The predicted molar refractivity (Wildman–Crippen MR) is 250 cm³/mol. The maximum absolute atomic E-state index is 15.7. The molecule has 3 fully saturated rings. The van der Waals surface area contributed by atoms with Crippen LogP contribution in [0.1, 0.15) is 118 Å². The van der Waals surface area contributed by atoms with Crippen molar-refractivity contribution in [2.24, 2.45) is 22.7 Å². The number of esters is 4. The summed E-state index contributed by atoms with van der Waals surface area (Å²) in [6, 6.07) is 11.6. The zero-order chi connectivity index (χ0) is 52.8. The van der Waals surface area contributed by atoms with Crippen molar-refractivity contribution < 1.29 is 86.7 Å². The Bertz CT molecular complexity index is 2390. The molecule has 1 unspecified atom stereocenters. The number of hydrogen-bond donors (Lipinski definition) is 3. The first-order chi connectivity index (χ1) is 33.1. The first-order valence-electron chi connectivity index (χ1n) is 23.7. The standard InChI is InChI=1S/C52H69NO18/c1-27(2)23-34-39(68-44(53(34)47(60)71-48(6,7)8)33-20-19-32(63-12)24-35(33)64-13)46(59)67-36-25-51(61)43(69-45(58)31-17-15-14-16-18-31)41-50(11,37(21-22-54)70-52(41,62)26-65-29(4)55)42(57)40(66-30(5)56)38(28(36)3)49(51,9)10/h14-20,24,27,34,36-37,39-41,43-44,54,61-62H,21-23,25-26H2,1-13H3/t34-,36+,37+,39-,40-,41+,43+,44?,50-,51-,52-/m1/s1. The van der Waals surface area contributed by atoms with Crippen LogP contribution in [0.25, 0.3) is 0 Å². The minimum Gasteiger partial charge on any atom is -0.497 e. The van der Waals surface area contributed by atoms with Gasteiger partial charge in [0.2, 0.25) is 5.79 Å². The molecule has 0 spiro atoms. The molecular weight excluding hydrogens is 927 g/mol. The Balaban J connectivity index is 1.57. The van der Waals surface area contributed by atoms with Crippen LogP contribution in [0.2, 0.25) is 0 Å². The Morgan fingerprint density at radius 3 is 2.14 bits per heavy atom. The van der Waals surface area contributed by atoms with Crippen LogP contribution in [0.15, 0.2) is 59.7 Å². The average molecular weight is 996 g/mol. The van der Waals surface area contributed by atoms with Crippen molar-refractivity contribution in [2.45, 2.75) is 155 Å². The number of carbonyl (C=O) groups excluding carboxylic acids is 6. The molecule has 19 heteroatoms. The second-order valence-corrected chi connectivity index (χ2v) is 20.9. The number of ketones is 1. The lowest BCUT2D eigenvalue weighted by molar-refractivity contribution is -0.274. The van der Waals surface area contributed by atoms with Crippen molar-refractivity contribution >= 4 is 35.8 Å². The summed E-state index contributed by atoms with van der Waals surface area (Å²) in [5.74, 6) is -8.61. The van der Waals surface area contributed by atoms with E-state index in [0.717, 1.165) is 13.8 Å². The summed E-state index contributed by atoms with van der Waals surface area (Å²) >= 11 is 0. The monoisotopic (exact) mass is 995 g/mol. The number of fused-ring (bicyclic) bond motifs is 3. The molecule has 0 radical (unpaired) electrons. The average Bonchev–Trinajstić information content (AvgIpc) is 3.76. The van der Waals surface area contributed by atoms with E-state index < -0.39 is 132 Å². The Kier molecular flexibility index (Phi) is 15.8. The van der Waals surface area contributed by atoms with Crippen LogP contribution in [0.5, 0.6) is 11.5 Å². The number of hydrogen-bond acceptors (Lipinski definition) is 18. The maximum Gasteiger partial charge on any atom is 0.413 e. The van der Waals surface area contributed by atoms with Gasteiger partial charge in [-0.25, -0.2) is 14.4 Å². The van der Waals surface area contributed by atoms with Crippen molar-refractivity contribution in [1.82, 2.24) is 4.90 Å². The highest BCUT2D eigenvalue weighted by molar-refractivity contribution is 5.95. The molecule has 71 heavy (non-hydrogen) atoms. The molecule has 2 aliphatic carbocycles. The second-order valence-electron chi connectivity index (χ2n) is 20.9. The van der Waals surface area contributed by atoms with E-state index in [1.165, 1.54) is 52.0 Å². The molecule has 3 N–H and O–H groups in total. The molecule has 4 aliphatic rings. The number of ether oxygens (including phenoxy) is 9. The van der Waals surface area contributed by atoms with Crippen LogP contribution in [-0.2, 0) is 52.3 Å². The van der Waals surface area contributed by atoms with E-state index in [1.807, 2.05) is 13.8 Å². The van der Waals surface area contributed by atoms with Gasteiger partial charge in [0.25, 0.3) is 0 Å². The van der Waals surface area contributed by atoms with Crippen molar-refractivity contribution in [3.05, 3.63) is 70.8 Å². The fourth-order valence-corrected chi connectivity index (χ4v) is 10.9. The zero-order valence-electron chi connectivity index (χ0n) is 42.8. The van der Waals surface area contributed by atoms with Crippen LogP contribution in [-0.4, -0.2) is 137 Å². The van der Waals surface area contributed by atoms with Gasteiger partial charge in [0.1, 0.15) is 41.5 Å². The molecule has 2 aromatic rings. The molecule has 6 rings (SSSR count). The molecular formula is C52H69NO18. The number of nitrogens with zero attached hydrogens (tertiary/aromatic N) is 1. The largest absolute Gasteiger partial charge is 0.497 e. The minimum atomic E-state index is -2.71. The summed E-state index contributed by atoms with van der Waals surface area (Å²) in [7, 11) is 2.91. The second kappa shape index (κ2) is 20.5. The summed E-state index contributed by atoms with van der Waals surface area (Å²) < 4.78 is 54.0. The van der Waals surface area contributed by atoms with Crippen LogP contribution >= 0.6 is 0 Å². The number of amides is 1. The molecule has 390 valence electrons. The van der Waals surface area contributed by atoms with Crippen molar-refractivity contribution in [3.63, 3.8) is 0 Å². The first-order valence-corrected chi connectivity index (χ1v) is 23.7. The van der Waals surface area contributed by atoms with Crippen molar-refractivity contribution in [2.75, 3.05) is 27.4 Å². The normalized spacial score (nSPS) is 31.2. The lowest BCUT2D eigenvalue weighted by Crippen LogP contribution is -2.71. The van der Waals surface area contributed by atoms with E-state index in [4.69, 9.17) is 42.6 Å². The van der Waals surface area contributed by atoms with Crippen LogP contribution in [0, 0.1) is 22.7 Å². The lowest BCUT2D eigenvalue weighted by Gasteiger charge is -2.59. The number of aliphatic hydroxyl groups excluding tert-OH is 1. The van der Waals surface area contributed by atoms with E-state index in [2.05, 4.69) is 0 Å². The van der Waals surface area contributed by atoms with E-state index in [1.54, 1.807) is 64.1 Å². The van der Waals surface area contributed by atoms with Gasteiger partial charge in [0, 0.05) is 43.9 Å². The van der Waals surface area contributed by atoms with Gasteiger partial charge in [0.05, 0.1) is 43.3 Å². The van der Waals surface area contributed by atoms with Crippen molar-refractivity contribution in [1.29, 1.82) is 0 Å². The summed E-state index contributed by atoms with van der Waals surface area (Å²) in [5, 5.41) is 37.0. The van der Waals surface area contributed by atoms with Gasteiger partial charge >= 0.3 is 30.0 Å². The Morgan fingerprint density at radius 2 is 1.58 bits per heavy atom. The summed E-state index contributed by atoms with van der Waals surface area (Å²) in [5.41, 5.74) is -6.74. The topological polar surface area (TPSA) is 249 Å². The molecule has 11 atom stereocenters. The molecule has 19 nitrogen and oxygen atoms in total. The SMILES string of the molecule is COc1ccc(C2O[C@@H](C(=O)O[C@H]3C[C@@]4(O)[C@@H](OC(=O)c5ccccc5)[C@H]5[C@](C)(C(=O)[C@H](OC(C)=O)C(=C3C)C4(C)C)[C@H](CCO)O[C@]5(O)COC(C)=O)[C@@H](CC(C)C)N2C(=O)OC(C)(C)C)c(OC)c1. The molecule has 2 aromatic carbocycles. The Hall–Kier alpha value is -5.60. The fourth-order valence-electron chi connectivity index (χ4n) is 10.9. The quantitative estimate of drug-likeness (QED) is 0.119. The van der Waals surface area contributed by atoms with Gasteiger partial charge < -0.3 is 58.0 Å². The van der Waals surface area contributed by atoms with E-state index in [9.17, 15) is 34.5 Å². The molecule has 1 amide bonds. The third-order valence-electron chi connectivity index (χ3n) is 14.3. The van der Waals surface area contributed by atoms with E-state index in [0.29, 0.717) is 11.3 Å².